The summed E-state index contributed by atoms with van der Waals surface area (Å²) in [6.07, 6.45) is 4.52. The maximum atomic E-state index is 12.6. The second-order valence-electron chi connectivity index (χ2n) is 8.15. The van der Waals surface area contributed by atoms with Gasteiger partial charge in [0.15, 0.2) is 0 Å². The van der Waals surface area contributed by atoms with Crippen LogP contribution in [0.5, 0.6) is 0 Å². The predicted octanol–water partition coefficient (Wildman–Crippen LogP) is 2.80. The maximum Gasteiger partial charge on any atom is 0.246 e. The molecule has 9 heteroatoms. The first kappa shape index (κ1) is 25.0. The number of carbonyl (C=O) groups is 2. The highest BCUT2D eigenvalue weighted by molar-refractivity contribution is 6.42. The van der Waals surface area contributed by atoms with Gasteiger partial charge in [0.05, 0.1) is 22.8 Å². The second-order valence-corrected chi connectivity index (χ2v) is 8.96. The molecule has 0 aliphatic carbocycles. The number of halogens is 2. The minimum absolute atomic E-state index is 0.0454. The molecule has 2 aliphatic rings. The highest BCUT2D eigenvalue weighted by atomic mass is 35.5. The molecule has 3 rings (SSSR count). The van der Waals surface area contributed by atoms with E-state index in [2.05, 4.69) is 11.9 Å². The Morgan fingerprint density at radius 1 is 1.28 bits per heavy atom. The summed E-state index contributed by atoms with van der Waals surface area (Å²) in [6.45, 7) is 4.16. The minimum Gasteiger partial charge on any atom is -0.379 e. The number of amides is 2. The maximum absolute atomic E-state index is 12.6. The Hall–Kier alpha value is -1.64. The van der Waals surface area contributed by atoms with Crippen molar-refractivity contribution in [3.8, 4) is 0 Å². The first-order chi connectivity index (χ1) is 15.4. The fourth-order valence-electron chi connectivity index (χ4n) is 4.09. The summed E-state index contributed by atoms with van der Waals surface area (Å²) >= 11 is 12.0. The van der Waals surface area contributed by atoms with E-state index in [0.717, 1.165) is 25.1 Å². The SMILES string of the molecule is CO[C@H]1COCC[C@H]1N(C)CCN1CCN(C(=O)C=Cc2ccc(Cl)c(Cl)c2)CCC1=O. The summed E-state index contributed by atoms with van der Waals surface area (Å²) in [6, 6.07) is 5.49. The lowest BCUT2D eigenvalue weighted by atomic mass is 10.0. The van der Waals surface area contributed by atoms with Gasteiger partial charge in [-0.1, -0.05) is 29.3 Å². The smallest absolute Gasteiger partial charge is 0.246 e. The summed E-state index contributed by atoms with van der Waals surface area (Å²) in [5, 5.41) is 0.918. The van der Waals surface area contributed by atoms with Gasteiger partial charge in [-0.3, -0.25) is 14.5 Å². The van der Waals surface area contributed by atoms with Crippen molar-refractivity contribution in [2.24, 2.45) is 0 Å². The third-order valence-electron chi connectivity index (χ3n) is 6.12. The highest BCUT2D eigenvalue weighted by Gasteiger charge is 2.30. The van der Waals surface area contributed by atoms with Crippen LogP contribution in [0, 0.1) is 0 Å². The molecule has 2 heterocycles. The van der Waals surface area contributed by atoms with E-state index in [1.165, 1.54) is 6.08 Å². The van der Waals surface area contributed by atoms with Crippen molar-refractivity contribution >= 4 is 41.1 Å². The Bertz CT molecular complexity index is 835. The molecule has 2 fully saturated rings. The molecule has 0 unspecified atom stereocenters. The van der Waals surface area contributed by atoms with Gasteiger partial charge in [0.25, 0.3) is 0 Å². The lowest BCUT2D eigenvalue weighted by Crippen LogP contribution is -2.50. The van der Waals surface area contributed by atoms with Crippen LogP contribution in [0.1, 0.15) is 18.4 Å². The first-order valence-electron chi connectivity index (χ1n) is 10.9. The van der Waals surface area contributed by atoms with Gasteiger partial charge in [-0.2, -0.15) is 0 Å². The van der Waals surface area contributed by atoms with Gasteiger partial charge in [-0.05, 0) is 37.2 Å². The monoisotopic (exact) mass is 483 g/mol. The molecule has 0 spiro atoms. The molecular weight excluding hydrogens is 453 g/mol. The summed E-state index contributed by atoms with van der Waals surface area (Å²) in [7, 11) is 3.77. The molecule has 2 amide bonds. The Morgan fingerprint density at radius 2 is 2.09 bits per heavy atom. The normalized spacial score (nSPS) is 22.6. The molecule has 2 atom stereocenters. The highest BCUT2D eigenvalue weighted by Crippen LogP contribution is 2.23. The van der Waals surface area contributed by atoms with Crippen LogP contribution in [0.3, 0.4) is 0 Å². The number of likely N-dealkylation sites (N-methyl/N-ethyl adjacent to an activating group) is 1. The predicted molar refractivity (Wildman–Crippen MR) is 126 cm³/mol. The standard InChI is InChI=1S/C23H31Cl2N3O4/c1-26(20-8-14-32-16-21(20)31-2)10-11-28-13-12-27(9-7-23(28)30)22(29)6-4-17-3-5-18(24)19(25)15-17/h3-6,15,20-21H,7-14,16H2,1-2H3/t20-,21+/m1/s1. The summed E-state index contributed by atoms with van der Waals surface area (Å²) in [4.78, 5) is 31.1. The molecule has 7 nitrogen and oxygen atoms in total. The van der Waals surface area contributed by atoms with Crippen molar-refractivity contribution in [1.29, 1.82) is 0 Å². The van der Waals surface area contributed by atoms with Crippen LogP contribution in [-0.2, 0) is 19.1 Å². The topological polar surface area (TPSA) is 62.3 Å². The third-order valence-corrected chi connectivity index (χ3v) is 6.86. The Kier molecular flexibility index (Phi) is 9.37. The number of hydrogen-bond acceptors (Lipinski definition) is 5. The van der Waals surface area contributed by atoms with Crippen LogP contribution in [0.15, 0.2) is 24.3 Å². The number of carbonyl (C=O) groups excluding carboxylic acids is 2. The van der Waals surface area contributed by atoms with Crippen molar-refractivity contribution in [3.05, 3.63) is 39.9 Å². The van der Waals surface area contributed by atoms with E-state index < -0.39 is 0 Å². The quantitative estimate of drug-likeness (QED) is 0.558. The first-order valence-corrected chi connectivity index (χ1v) is 11.6. The van der Waals surface area contributed by atoms with E-state index in [9.17, 15) is 9.59 Å². The van der Waals surface area contributed by atoms with Crippen molar-refractivity contribution < 1.29 is 19.1 Å². The van der Waals surface area contributed by atoms with Gasteiger partial charge in [-0.25, -0.2) is 0 Å². The average molecular weight is 484 g/mol. The second kappa shape index (κ2) is 12.0. The van der Waals surface area contributed by atoms with Crippen LogP contribution in [0.2, 0.25) is 10.0 Å². The van der Waals surface area contributed by atoms with Crippen molar-refractivity contribution in [2.75, 3.05) is 60.1 Å². The fourth-order valence-corrected chi connectivity index (χ4v) is 4.39. The van der Waals surface area contributed by atoms with Crippen molar-refractivity contribution in [1.82, 2.24) is 14.7 Å². The Labute approximate surface area is 199 Å². The fraction of sp³-hybridized carbons (Fsp3) is 0.565. The Morgan fingerprint density at radius 3 is 2.84 bits per heavy atom. The van der Waals surface area contributed by atoms with E-state index in [-0.39, 0.29) is 24.0 Å². The molecule has 2 saturated heterocycles. The average Bonchev–Trinajstić information content (AvgIpc) is 2.99. The Balaban J connectivity index is 1.51. The zero-order valence-corrected chi connectivity index (χ0v) is 20.1. The minimum atomic E-state index is -0.118. The lowest BCUT2D eigenvalue weighted by Gasteiger charge is -2.37. The number of nitrogens with zero attached hydrogens (tertiary/aromatic N) is 3. The van der Waals surface area contributed by atoms with E-state index in [1.807, 2.05) is 4.90 Å². The number of benzene rings is 1. The molecule has 176 valence electrons. The molecule has 32 heavy (non-hydrogen) atoms. The van der Waals surface area contributed by atoms with Crippen LogP contribution in [-0.4, -0.2) is 98.8 Å². The number of ether oxygens (including phenoxy) is 2. The van der Waals surface area contributed by atoms with E-state index >= 15 is 0 Å². The van der Waals surface area contributed by atoms with Crippen LogP contribution in [0.4, 0.5) is 0 Å². The molecule has 0 aromatic heterocycles. The van der Waals surface area contributed by atoms with E-state index in [4.69, 9.17) is 32.7 Å². The van der Waals surface area contributed by atoms with E-state index in [0.29, 0.717) is 49.3 Å². The third kappa shape index (κ3) is 6.68. The molecule has 0 radical (unpaired) electrons. The summed E-state index contributed by atoms with van der Waals surface area (Å²) in [5.74, 6) is -0.0367. The zero-order chi connectivity index (χ0) is 23.1. The van der Waals surface area contributed by atoms with Crippen molar-refractivity contribution in [2.45, 2.75) is 25.0 Å². The van der Waals surface area contributed by atoms with Gasteiger partial charge in [0.1, 0.15) is 0 Å². The summed E-state index contributed by atoms with van der Waals surface area (Å²) in [5.41, 5.74) is 0.797. The van der Waals surface area contributed by atoms with E-state index in [1.54, 1.807) is 36.3 Å². The molecule has 1 aromatic rings. The lowest BCUT2D eigenvalue weighted by molar-refractivity contribution is -0.131. The molecule has 0 bridgehead atoms. The van der Waals surface area contributed by atoms with Gasteiger partial charge >= 0.3 is 0 Å². The van der Waals surface area contributed by atoms with Crippen LogP contribution >= 0.6 is 23.2 Å². The molecule has 0 N–H and O–H groups in total. The summed E-state index contributed by atoms with van der Waals surface area (Å²) < 4.78 is 11.1. The zero-order valence-electron chi connectivity index (χ0n) is 18.6. The van der Waals surface area contributed by atoms with Crippen LogP contribution < -0.4 is 0 Å². The van der Waals surface area contributed by atoms with Gasteiger partial charge in [-0.15, -0.1) is 0 Å². The van der Waals surface area contributed by atoms with Crippen LogP contribution in [0.25, 0.3) is 6.08 Å². The molecule has 0 saturated carbocycles. The molecule has 1 aromatic carbocycles. The number of rotatable bonds is 7. The van der Waals surface area contributed by atoms with Crippen molar-refractivity contribution in [3.63, 3.8) is 0 Å². The molecule has 2 aliphatic heterocycles. The van der Waals surface area contributed by atoms with Gasteiger partial charge in [0, 0.05) is 65.0 Å². The largest absolute Gasteiger partial charge is 0.379 e. The van der Waals surface area contributed by atoms with Gasteiger partial charge < -0.3 is 19.3 Å². The number of methoxy groups -OCH3 is 1. The number of hydrogen-bond donors (Lipinski definition) is 0. The van der Waals surface area contributed by atoms with Gasteiger partial charge in [0.2, 0.25) is 11.8 Å². The molecular formula is C23H31Cl2N3O4.